The van der Waals surface area contributed by atoms with Gasteiger partial charge in [0.2, 0.25) is 0 Å². The number of rotatable bonds is 7. The van der Waals surface area contributed by atoms with Gasteiger partial charge in [-0.2, -0.15) is 5.10 Å². The summed E-state index contributed by atoms with van der Waals surface area (Å²) in [4.78, 5) is 15.9. The SMILES string of the molecule is CCOCCCN1C(=O)c2n[nH]c(-c3cccs3)c2[C@H]1c1ccc(F)cc1. The van der Waals surface area contributed by atoms with Gasteiger partial charge in [-0.25, -0.2) is 4.39 Å². The van der Waals surface area contributed by atoms with Crippen LogP contribution in [0.25, 0.3) is 10.6 Å². The number of nitrogens with one attached hydrogen (secondary N) is 1. The second-order valence-electron chi connectivity index (χ2n) is 6.34. The van der Waals surface area contributed by atoms with Crippen LogP contribution >= 0.6 is 11.3 Å². The number of amides is 1. The molecular weight excluding hydrogens is 365 g/mol. The van der Waals surface area contributed by atoms with Crippen LogP contribution in [0.3, 0.4) is 0 Å². The molecule has 1 aromatic carbocycles. The third-order valence-electron chi connectivity index (χ3n) is 4.70. The van der Waals surface area contributed by atoms with Gasteiger partial charge in [0.15, 0.2) is 5.69 Å². The van der Waals surface area contributed by atoms with E-state index < -0.39 is 0 Å². The molecule has 1 amide bonds. The van der Waals surface area contributed by atoms with Crippen LogP contribution in [0, 0.1) is 5.82 Å². The third-order valence-corrected chi connectivity index (χ3v) is 5.59. The molecule has 0 saturated carbocycles. The van der Waals surface area contributed by atoms with E-state index in [0.29, 0.717) is 25.5 Å². The number of H-pyrrole nitrogens is 1. The molecule has 0 fully saturated rings. The first-order valence-corrected chi connectivity index (χ1v) is 9.85. The lowest BCUT2D eigenvalue weighted by atomic mass is 9.98. The van der Waals surface area contributed by atoms with Crippen LogP contribution in [0.2, 0.25) is 0 Å². The van der Waals surface area contributed by atoms with E-state index in [1.54, 1.807) is 23.5 Å². The largest absolute Gasteiger partial charge is 0.382 e. The van der Waals surface area contributed by atoms with Crippen LogP contribution in [-0.4, -0.2) is 40.8 Å². The maximum atomic E-state index is 13.5. The number of benzene rings is 1. The molecule has 0 bridgehead atoms. The first-order chi connectivity index (χ1) is 13.2. The third kappa shape index (κ3) is 3.28. The lowest BCUT2D eigenvalue weighted by Gasteiger charge is -2.26. The lowest BCUT2D eigenvalue weighted by molar-refractivity contribution is 0.0710. The monoisotopic (exact) mass is 385 g/mol. The molecule has 4 rings (SSSR count). The van der Waals surface area contributed by atoms with Gasteiger partial charge < -0.3 is 9.64 Å². The van der Waals surface area contributed by atoms with Crippen LogP contribution in [0.4, 0.5) is 4.39 Å². The number of aromatic amines is 1. The Hall–Kier alpha value is -2.51. The number of thiophene rings is 1. The highest BCUT2D eigenvalue weighted by Gasteiger charge is 2.42. The van der Waals surface area contributed by atoms with Gasteiger partial charge in [-0.1, -0.05) is 18.2 Å². The van der Waals surface area contributed by atoms with Gasteiger partial charge in [0.25, 0.3) is 5.91 Å². The maximum Gasteiger partial charge on any atom is 0.275 e. The van der Waals surface area contributed by atoms with Gasteiger partial charge >= 0.3 is 0 Å². The summed E-state index contributed by atoms with van der Waals surface area (Å²) in [6, 6.07) is 10.0. The molecule has 1 aliphatic heterocycles. The minimum Gasteiger partial charge on any atom is -0.382 e. The fraction of sp³-hybridized carbons (Fsp3) is 0.300. The van der Waals surface area contributed by atoms with Gasteiger partial charge in [-0.3, -0.25) is 9.89 Å². The normalized spacial score (nSPS) is 16.1. The first-order valence-electron chi connectivity index (χ1n) is 8.97. The average molecular weight is 385 g/mol. The van der Waals surface area contributed by atoms with Gasteiger partial charge in [-0.15, -0.1) is 11.3 Å². The van der Waals surface area contributed by atoms with Gasteiger partial charge in [0, 0.05) is 25.3 Å². The van der Waals surface area contributed by atoms with Crippen LogP contribution in [0.5, 0.6) is 0 Å². The number of ether oxygens (including phenoxy) is 1. The molecule has 0 saturated heterocycles. The summed E-state index contributed by atoms with van der Waals surface area (Å²) >= 11 is 1.59. The Morgan fingerprint density at radius 1 is 1.30 bits per heavy atom. The van der Waals surface area contributed by atoms with Crippen molar-refractivity contribution in [1.82, 2.24) is 15.1 Å². The maximum absolute atomic E-state index is 13.5. The summed E-state index contributed by atoms with van der Waals surface area (Å²) in [7, 11) is 0. The molecular formula is C20H20FN3O2S. The molecule has 3 aromatic rings. The second-order valence-corrected chi connectivity index (χ2v) is 7.29. The predicted octanol–water partition coefficient (Wildman–Crippen LogP) is 4.25. The van der Waals surface area contributed by atoms with Crippen molar-refractivity contribution in [2.75, 3.05) is 19.8 Å². The summed E-state index contributed by atoms with van der Waals surface area (Å²) < 4.78 is 18.9. The number of aromatic nitrogens is 2. The van der Waals surface area contributed by atoms with Gasteiger partial charge in [0.05, 0.1) is 16.6 Å². The number of halogens is 1. The Morgan fingerprint density at radius 3 is 2.81 bits per heavy atom. The molecule has 7 heteroatoms. The van der Waals surface area contributed by atoms with Crippen LogP contribution < -0.4 is 0 Å². The molecule has 0 spiro atoms. The highest BCUT2D eigenvalue weighted by molar-refractivity contribution is 7.13. The van der Waals surface area contributed by atoms with Gasteiger partial charge in [-0.05, 0) is 42.5 Å². The van der Waals surface area contributed by atoms with Crippen LogP contribution in [0.15, 0.2) is 41.8 Å². The number of fused-ring (bicyclic) bond motifs is 1. The van der Waals surface area contributed by atoms with Crippen molar-refractivity contribution in [3.63, 3.8) is 0 Å². The summed E-state index contributed by atoms with van der Waals surface area (Å²) in [6.45, 7) is 3.75. The molecule has 1 aliphatic rings. The topological polar surface area (TPSA) is 58.2 Å². The molecule has 3 heterocycles. The van der Waals surface area contributed by atoms with Crippen molar-refractivity contribution in [2.45, 2.75) is 19.4 Å². The minimum absolute atomic E-state index is 0.102. The number of carbonyl (C=O) groups is 1. The molecule has 0 unspecified atom stereocenters. The Kier molecular flexibility index (Phi) is 5.05. The highest BCUT2D eigenvalue weighted by Crippen LogP contribution is 2.43. The summed E-state index contributed by atoms with van der Waals surface area (Å²) in [5.41, 5.74) is 3.05. The van der Waals surface area contributed by atoms with E-state index in [4.69, 9.17) is 4.74 Å². The number of hydrogen-bond donors (Lipinski definition) is 1. The molecule has 0 radical (unpaired) electrons. The number of hydrogen-bond acceptors (Lipinski definition) is 4. The zero-order chi connectivity index (χ0) is 18.8. The van der Waals surface area contributed by atoms with E-state index in [2.05, 4.69) is 10.2 Å². The van der Waals surface area contributed by atoms with Crippen molar-refractivity contribution < 1.29 is 13.9 Å². The van der Waals surface area contributed by atoms with E-state index in [1.807, 2.05) is 29.3 Å². The molecule has 0 aliphatic carbocycles. The Morgan fingerprint density at radius 2 is 2.11 bits per heavy atom. The van der Waals surface area contributed by atoms with E-state index >= 15 is 0 Å². The Labute approximate surface area is 160 Å². The highest BCUT2D eigenvalue weighted by atomic mass is 32.1. The van der Waals surface area contributed by atoms with Crippen molar-refractivity contribution in [3.05, 3.63) is 64.4 Å². The van der Waals surface area contributed by atoms with E-state index in [0.717, 1.165) is 28.1 Å². The molecule has 27 heavy (non-hydrogen) atoms. The standard InChI is InChI=1S/C20H20FN3O2S/c1-2-26-11-4-10-24-19(13-6-8-14(21)9-7-13)16-17(15-5-3-12-27-15)22-23-18(16)20(24)25/h3,5-9,12,19H,2,4,10-11H2,1H3,(H,22,23)/t19-/m1/s1. The fourth-order valence-electron chi connectivity index (χ4n) is 3.50. The minimum atomic E-state index is -0.295. The first kappa shape index (κ1) is 17.9. The van der Waals surface area contributed by atoms with E-state index in [1.165, 1.54) is 12.1 Å². The summed E-state index contributed by atoms with van der Waals surface area (Å²) in [6.07, 6.45) is 0.736. The van der Waals surface area contributed by atoms with Crippen molar-refractivity contribution in [1.29, 1.82) is 0 Å². The van der Waals surface area contributed by atoms with Crippen LogP contribution in [0.1, 0.15) is 41.0 Å². The van der Waals surface area contributed by atoms with Crippen molar-refractivity contribution >= 4 is 17.2 Å². The summed E-state index contributed by atoms with van der Waals surface area (Å²) in [5.74, 6) is -0.397. The smallest absolute Gasteiger partial charge is 0.275 e. The van der Waals surface area contributed by atoms with Crippen LogP contribution in [-0.2, 0) is 4.74 Å². The molecule has 1 atom stereocenters. The Balaban J connectivity index is 1.74. The molecule has 140 valence electrons. The molecule has 1 N–H and O–H groups in total. The second kappa shape index (κ2) is 7.62. The number of carbonyl (C=O) groups excluding carboxylic acids is 1. The summed E-state index contributed by atoms with van der Waals surface area (Å²) in [5, 5.41) is 9.33. The van der Waals surface area contributed by atoms with Crippen molar-refractivity contribution in [2.24, 2.45) is 0 Å². The average Bonchev–Trinajstić information content (AvgIpc) is 3.38. The Bertz CT molecular complexity index is 921. The van der Waals surface area contributed by atoms with Crippen molar-refractivity contribution in [3.8, 4) is 10.6 Å². The molecule has 5 nitrogen and oxygen atoms in total. The predicted molar refractivity (Wildman–Crippen MR) is 102 cm³/mol. The van der Waals surface area contributed by atoms with E-state index in [9.17, 15) is 9.18 Å². The zero-order valence-corrected chi connectivity index (χ0v) is 15.8. The fourth-order valence-corrected chi connectivity index (χ4v) is 4.24. The van der Waals surface area contributed by atoms with E-state index in [-0.39, 0.29) is 17.8 Å². The number of nitrogens with zero attached hydrogens (tertiary/aromatic N) is 2. The zero-order valence-electron chi connectivity index (χ0n) is 14.9. The molecule has 2 aromatic heterocycles. The van der Waals surface area contributed by atoms with Gasteiger partial charge in [0.1, 0.15) is 5.82 Å². The lowest BCUT2D eigenvalue weighted by Crippen LogP contribution is -2.31. The quantitative estimate of drug-likeness (QED) is 0.619.